The van der Waals surface area contributed by atoms with E-state index in [1.165, 1.54) is 16.5 Å². The van der Waals surface area contributed by atoms with Crippen LogP contribution in [0.1, 0.15) is 34.2 Å². The van der Waals surface area contributed by atoms with Crippen LogP contribution < -0.4 is 0 Å². The highest BCUT2D eigenvalue weighted by atomic mass is 16.5. The topological polar surface area (TPSA) is 104 Å². The lowest BCUT2D eigenvalue weighted by molar-refractivity contribution is 0.366. The fraction of sp³-hybridized carbons (Fsp3) is 0.188. The Balaban J connectivity index is 1.78. The molecule has 3 aromatic rings. The van der Waals surface area contributed by atoms with Gasteiger partial charge >= 0.3 is 0 Å². The third-order valence-electron chi connectivity index (χ3n) is 3.48. The number of benzene rings is 1. The van der Waals surface area contributed by atoms with Crippen LogP contribution in [-0.2, 0) is 13.0 Å². The number of hydrogen-bond donors (Lipinski definition) is 0. The Morgan fingerprint density at radius 2 is 2.04 bits per heavy atom. The molecular formula is C16H12N6O. The van der Waals surface area contributed by atoms with Crippen molar-refractivity contribution in [2.24, 2.45) is 0 Å². The van der Waals surface area contributed by atoms with Gasteiger partial charge in [-0.15, -0.1) is 0 Å². The number of hydrogen-bond acceptors (Lipinski definition) is 6. The first-order chi connectivity index (χ1) is 11.2. The van der Waals surface area contributed by atoms with Crippen LogP contribution in [0.5, 0.6) is 0 Å². The summed E-state index contributed by atoms with van der Waals surface area (Å²) in [4.78, 5) is 8.21. The third kappa shape index (κ3) is 2.94. The predicted molar refractivity (Wildman–Crippen MR) is 79.0 cm³/mol. The molecule has 23 heavy (non-hydrogen) atoms. The zero-order valence-corrected chi connectivity index (χ0v) is 12.4. The van der Waals surface area contributed by atoms with E-state index < -0.39 is 0 Å². The molecule has 7 nitrogen and oxygen atoms in total. The molecule has 0 bridgehead atoms. The quantitative estimate of drug-likeness (QED) is 0.729. The minimum absolute atomic E-state index is 0.0900. The number of aromatic nitrogens is 4. The molecular weight excluding hydrogens is 292 g/mol. The molecule has 2 heterocycles. The van der Waals surface area contributed by atoms with Crippen molar-refractivity contribution in [3.8, 4) is 12.1 Å². The fourth-order valence-electron chi connectivity index (χ4n) is 2.25. The van der Waals surface area contributed by atoms with E-state index in [1.807, 2.05) is 43.3 Å². The summed E-state index contributed by atoms with van der Waals surface area (Å²) in [6.07, 6.45) is 2.00. The van der Waals surface area contributed by atoms with Gasteiger partial charge in [0.2, 0.25) is 5.89 Å². The van der Waals surface area contributed by atoms with Crippen LogP contribution in [0.15, 0.2) is 35.1 Å². The smallest absolute Gasteiger partial charge is 0.246 e. The molecule has 1 aromatic carbocycles. The average molecular weight is 304 g/mol. The number of imidazole rings is 1. The van der Waals surface area contributed by atoms with Crippen LogP contribution in [0.3, 0.4) is 0 Å². The first kappa shape index (κ1) is 14.5. The van der Waals surface area contributed by atoms with Crippen LogP contribution in [0.4, 0.5) is 0 Å². The Morgan fingerprint density at radius 3 is 2.78 bits per heavy atom. The zero-order valence-electron chi connectivity index (χ0n) is 12.4. The van der Waals surface area contributed by atoms with Crippen LogP contribution in [0.25, 0.3) is 0 Å². The maximum absolute atomic E-state index is 9.10. The van der Waals surface area contributed by atoms with Crippen molar-refractivity contribution in [1.29, 1.82) is 10.5 Å². The summed E-state index contributed by atoms with van der Waals surface area (Å²) in [6, 6.07) is 11.8. The van der Waals surface area contributed by atoms with E-state index in [9.17, 15) is 0 Å². The van der Waals surface area contributed by atoms with E-state index in [-0.39, 0.29) is 17.9 Å². The predicted octanol–water partition coefficient (Wildman–Crippen LogP) is 1.96. The van der Waals surface area contributed by atoms with Gasteiger partial charge < -0.3 is 9.09 Å². The van der Waals surface area contributed by atoms with Gasteiger partial charge in [0, 0.05) is 6.42 Å². The highest BCUT2D eigenvalue weighted by Crippen LogP contribution is 2.13. The molecule has 112 valence electrons. The Kier molecular flexibility index (Phi) is 3.86. The monoisotopic (exact) mass is 304 g/mol. The van der Waals surface area contributed by atoms with Gasteiger partial charge in [-0.2, -0.15) is 15.5 Å². The van der Waals surface area contributed by atoms with Gasteiger partial charge in [-0.25, -0.2) is 4.98 Å². The van der Waals surface area contributed by atoms with Crippen molar-refractivity contribution in [3.05, 3.63) is 64.8 Å². The molecule has 7 heteroatoms. The number of nitriles is 2. The molecule has 0 radical (unpaired) electrons. The van der Waals surface area contributed by atoms with E-state index in [1.54, 1.807) is 0 Å². The summed E-state index contributed by atoms with van der Waals surface area (Å²) >= 11 is 0. The standard InChI is InChI=1S/C16H12N6O/c1-11-4-2-3-5-12(11)6-15-20-16(23-21-15)9-22-10-19-13(7-17)14(22)8-18/h2-5,10H,6,9H2,1H3. The molecule has 0 atom stereocenters. The van der Waals surface area contributed by atoms with Gasteiger partial charge in [0.15, 0.2) is 17.2 Å². The second-order valence-electron chi connectivity index (χ2n) is 5.00. The van der Waals surface area contributed by atoms with Gasteiger partial charge in [-0.1, -0.05) is 29.4 Å². The summed E-state index contributed by atoms with van der Waals surface area (Å²) in [6.45, 7) is 2.24. The molecule has 0 saturated heterocycles. The fourth-order valence-corrected chi connectivity index (χ4v) is 2.25. The number of rotatable bonds is 4. The molecule has 0 spiro atoms. The van der Waals surface area contributed by atoms with Crippen LogP contribution in [0, 0.1) is 29.6 Å². The molecule has 0 aliphatic heterocycles. The summed E-state index contributed by atoms with van der Waals surface area (Å²) in [5, 5.41) is 22.0. The van der Waals surface area contributed by atoms with E-state index >= 15 is 0 Å². The average Bonchev–Trinajstić information content (AvgIpc) is 3.16. The molecule has 0 unspecified atom stereocenters. The first-order valence-corrected chi connectivity index (χ1v) is 6.92. The van der Waals surface area contributed by atoms with Crippen molar-refractivity contribution in [2.45, 2.75) is 19.9 Å². The van der Waals surface area contributed by atoms with Crippen molar-refractivity contribution in [1.82, 2.24) is 19.7 Å². The molecule has 0 saturated carbocycles. The Morgan fingerprint density at radius 1 is 1.22 bits per heavy atom. The molecule has 0 amide bonds. The zero-order chi connectivity index (χ0) is 16.2. The molecule has 0 N–H and O–H groups in total. The van der Waals surface area contributed by atoms with Crippen molar-refractivity contribution < 1.29 is 4.52 Å². The van der Waals surface area contributed by atoms with Gasteiger partial charge in [-0.3, -0.25) is 0 Å². The lowest BCUT2D eigenvalue weighted by atomic mass is 10.1. The van der Waals surface area contributed by atoms with E-state index in [0.717, 1.165) is 5.56 Å². The lowest BCUT2D eigenvalue weighted by Gasteiger charge is -2.01. The Labute approximate surface area is 132 Å². The highest BCUT2D eigenvalue weighted by Gasteiger charge is 2.14. The van der Waals surface area contributed by atoms with E-state index in [2.05, 4.69) is 15.1 Å². The van der Waals surface area contributed by atoms with Gasteiger partial charge in [-0.05, 0) is 18.1 Å². The minimum Gasteiger partial charge on any atom is -0.337 e. The second-order valence-corrected chi connectivity index (χ2v) is 5.00. The Bertz CT molecular complexity index is 925. The molecule has 0 aliphatic rings. The lowest BCUT2D eigenvalue weighted by Crippen LogP contribution is -2.02. The molecule has 2 aromatic heterocycles. The van der Waals surface area contributed by atoms with Gasteiger partial charge in [0.1, 0.15) is 18.7 Å². The Hall–Kier alpha value is -3.45. The van der Waals surface area contributed by atoms with Gasteiger partial charge in [0.25, 0.3) is 0 Å². The third-order valence-corrected chi connectivity index (χ3v) is 3.48. The minimum atomic E-state index is 0.0900. The van der Waals surface area contributed by atoms with Crippen molar-refractivity contribution >= 4 is 0 Å². The normalized spacial score (nSPS) is 10.2. The number of nitrogens with zero attached hydrogens (tertiary/aromatic N) is 6. The summed E-state index contributed by atoms with van der Waals surface area (Å²) in [5.41, 5.74) is 2.57. The molecule has 3 rings (SSSR count). The molecule has 0 fully saturated rings. The largest absolute Gasteiger partial charge is 0.337 e. The number of aryl methyl sites for hydroxylation is 1. The van der Waals surface area contributed by atoms with Crippen molar-refractivity contribution in [3.63, 3.8) is 0 Å². The van der Waals surface area contributed by atoms with Crippen molar-refractivity contribution in [2.75, 3.05) is 0 Å². The van der Waals surface area contributed by atoms with Crippen LogP contribution >= 0.6 is 0 Å². The SMILES string of the molecule is Cc1ccccc1Cc1noc(Cn2cnc(C#N)c2C#N)n1. The summed E-state index contributed by atoms with van der Waals surface area (Å²) in [7, 11) is 0. The summed E-state index contributed by atoms with van der Waals surface area (Å²) < 4.78 is 6.74. The van der Waals surface area contributed by atoms with E-state index in [4.69, 9.17) is 15.0 Å². The van der Waals surface area contributed by atoms with E-state index in [0.29, 0.717) is 18.1 Å². The maximum atomic E-state index is 9.10. The highest BCUT2D eigenvalue weighted by molar-refractivity contribution is 5.36. The van der Waals surface area contributed by atoms with Crippen LogP contribution in [-0.4, -0.2) is 19.7 Å². The molecule has 0 aliphatic carbocycles. The van der Waals surface area contributed by atoms with Crippen LogP contribution in [0.2, 0.25) is 0 Å². The second kappa shape index (κ2) is 6.12. The van der Waals surface area contributed by atoms with Gasteiger partial charge in [0.05, 0.1) is 6.33 Å². The maximum Gasteiger partial charge on any atom is 0.246 e. The summed E-state index contributed by atoms with van der Waals surface area (Å²) in [5.74, 6) is 0.945. The first-order valence-electron chi connectivity index (χ1n) is 6.92.